The molecule has 0 aliphatic carbocycles. The Morgan fingerprint density at radius 1 is 0.541 bits per heavy atom. The second kappa shape index (κ2) is 16.0. The van der Waals surface area contributed by atoms with Gasteiger partial charge in [0.25, 0.3) is 0 Å². The number of hydrogen-bond acceptors (Lipinski definition) is 4. The van der Waals surface area contributed by atoms with Crippen LogP contribution in [0.1, 0.15) is 118 Å². The summed E-state index contributed by atoms with van der Waals surface area (Å²) in [6.45, 7) is 31.4. The van der Waals surface area contributed by atoms with Gasteiger partial charge in [0.1, 0.15) is 5.82 Å². The first-order chi connectivity index (χ1) is 28.2. The second-order valence-corrected chi connectivity index (χ2v) is 20.1. The number of benzene rings is 5. The standard InChI is InChI=1S/C55H59N4O.Pt/c1-36-37(2)58(35-57(36)43-21-17-20-39(28-43)52(3,4)5)44-29-42(55(12,13)38-18-15-14-16-19-38)30-46(33-44)60-45-23-24-47-48-31-40(53(6,7)8)22-25-49(48)59(50(47)34-45)51-32-41(26-27-56-51)54(9,10)11;/h14-32,35H,1-13H3;/q-3;. The van der Waals surface area contributed by atoms with E-state index in [1.54, 1.807) is 0 Å². The SMILES string of the molecule is CC1=C(C)N(c2cccc(C(C)(C)C)c2)[CH-]N1c1[c-]c(Oc2[c-]c3c(cc2)c2cc(C(C)(C)C)ccc2n3-c2cc(C(C)(C)C)ccn2)cc(C(C)(C)c2ccccc2)c1.[Pt]. The van der Waals surface area contributed by atoms with Gasteiger partial charge < -0.3 is 19.1 Å². The Bertz CT molecular complexity index is 2770. The molecule has 0 radical (unpaired) electrons. The van der Waals surface area contributed by atoms with Gasteiger partial charge in [-0.3, -0.25) is 0 Å². The van der Waals surface area contributed by atoms with E-state index in [2.05, 4.69) is 226 Å². The zero-order valence-electron chi connectivity index (χ0n) is 38.1. The predicted molar refractivity (Wildman–Crippen MR) is 252 cm³/mol. The van der Waals surface area contributed by atoms with Crippen LogP contribution in [-0.2, 0) is 42.7 Å². The second-order valence-electron chi connectivity index (χ2n) is 20.1. The summed E-state index contributed by atoms with van der Waals surface area (Å²) in [6.07, 6.45) is 1.92. The van der Waals surface area contributed by atoms with E-state index >= 15 is 0 Å². The summed E-state index contributed by atoms with van der Waals surface area (Å²) >= 11 is 0. The monoisotopic (exact) mass is 986 g/mol. The number of aromatic nitrogens is 2. The molecule has 1 aliphatic heterocycles. The van der Waals surface area contributed by atoms with Crippen molar-refractivity contribution in [2.24, 2.45) is 0 Å². The van der Waals surface area contributed by atoms with Crippen molar-refractivity contribution in [2.45, 2.75) is 112 Å². The molecule has 0 saturated heterocycles. The molecule has 0 atom stereocenters. The third-order valence-corrected chi connectivity index (χ3v) is 12.4. The Labute approximate surface area is 378 Å². The summed E-state index contributed by atoms with van der Waals surface area (Å²) in [5.41, 5.74) is 12.2. The minimum atomic E-state index is -0.328. The molecule has 61 heavy (non-hydrogen) atoms. The Kier molecular flexibility index (Phi) is 11.5. The third-order valence-electron chi connectivity index (χ3n) is 12.4. The van der Waals surface area contributed by atoms with Gasteiger partial charge in [-0.1, -0.05) is 136 Å². The third kappa shape index (κ3) is 8.43. The molecule has 8 rings (SSSR count). The van der Waals surface area contributed by atoms with Crippen LogP contribution in [-0.4, -0.2) is 9.55 Å². The van der Waals surface area contributed by atoms with Crippen molar-refractivity contribution < 1.29 is 25.8 Å². The van der Waals surface area contributed by atoms with Crippen LogP contribution in [0.15, 0.2) is 127 Å². The van der Waals surface area contributed by atoms with Crippen molar-refractivity contribution in [2.75, 3.05) is 9.80 Å². The molecule has 6 heteroatoms. The zero-order valence-corrected chi connectivity index (χ0v) is 40.3. The molecule has 0 fully saturated rings. The largest absolute Gasteiger partial charge is 0.509 e. The van der Waals surface area contributed by atoms with E-state index in [1.807, 2.05) is 12.3 Å². The van der Waals surface area contributed by atoms with Gasteiger partial charge in [0, 0.05) is 61.4 Å². The van der Waals surface area contributed by atoms with E-state index in [9.17, 15) is 0 Å². The zero-order chi connectivity index (χ0) is 42.9. The van der Waals surface area contributed by atoms with Crippen LogP contribution in [0.2, 0.25) is 0 Å². The molecule has 5 nitrogen and oxygen atoms in total. The van der Waals surface area contributed by atoms with Crippen LogP contribution in [0.25, 0.3) is 27.6 Å². The summed E-state index contributed by atoms with van der Waals surface area (Å²) in [4.78, 5) is 9.46. The number of anilines is 2. The van der Waals surface area contributed by atoms with Crippen molar-refractivity contribution in [3.63, 3.8) is 0 Å². The van der Waals surface area contributed by atoms with Crippen molar-refractivity contribution in [3.05, 3.63) is 173 Å². The van der Waals surface area contributed by atoms with Crippen LogP contribution in [0.5, 0.6) is 11.5 Å². The van der Waals surface area contributed by atoms with Gasteiger partial charge in [0.2, 0.25) is 0 Å². The molecule has 1 aliphatic rings. The Balaban J connectivity index is 0.00000561. The summed E-state index contributed by atoms with van der Waals surface area (Å²) in [5, 5.41) is 2.28. The Hall–Kier alpha value is -5.12. The number of nitrogens with zero attached hydrogens (tertiary/aromatic N) is 4. The number of pyridine rings is 1. The Morgan fingerprint density at radius 3 is 1.87 bits per heavy atom. The first-order valence-electron chi connectivity index (χ1n) is 21.2. The topological polar surface area (TPSA) is 33.5 Å². The van der Waals surface area contributed by atoms with Gasteiger partial charge in [-0.2, -0.15) is 6.07 Å². The normalized spacial score (nSPS) is 14.0. The molecule has 3 heterocycles. The van der Waals surface area contributed by atoms with E-state index in [4.69, 9.17) is 9.72 Å². The molecule has 0 amide bonds. The van der Waals surface area contributed by atoms with Gasteiger partial charge in [0.15, 0.2) is 0 Å². The molecule has 0 N–H and O–H groups in total. The smallest absolute Gasteiger partial charge is 0.135 e. The molecule has 0 saturated carbocycles. The minimum Gasteiger partial charge on any atom is -0.509 e. The van der Waals surface area contributed by atoms with Crippen molar-refractivity contribution in [1.29, 1.82) is 0 Å². The average molecular weight is 987 g/mol. The quantitative estimate of drug-likeness (QED) is 0.149. The number of rotatable bonds is 7. The fourth-order valence-electron chi connectivity index (χ4n) is 8.17. The van der Waals surface area contributed by atoms with Crippen LogP contribution in [0, 0.1) is 18.8 Å². The Morgan fingerprint density at radius 2 is 1.18 bits per heavy atom. The molecule has 0 spiro atoms. The summed E-state index contributed by atoms with van der Waals surface area (Å²) in [5.74, 6) is 2.10. The first kappa shape index (κ1) is 44.0. The van der Waals surface area contributed by atoms with Gasteiger partial charge >= 0.3 is 0 Å². The maximum absolute atomic E-state index is 6.91. The van der Waals surface area contributed by atoms with Crippen LogP contribution < -0.4 is 14.5 Å². The van der Waals surface area contributed by atoms with E-state index in [0.29, 0.717) is 11.5 Å². The summed E-state index contributed by atoms with van der Waals surface area (Å²) in [7, 11) is 0. The van der Waals surface area contributed by atoms with Crippen LogP contribution in [0.4, 0.5) is 11.4 Å². The number of hydrogen-bond donors (Lipinski definition) is 0. The van der Waals surface area contributed by atoms with Crippen molar-refractivity contribution >= 4 is 33.2 Å². The molecule has 0 unspecified atom stereocenters. The fraction of sp³-hybridized carbons (Fsp3) is 0.309. The molecule has 318 valence electrons. The van der Waals surface area contributed by atoms with E-state index in [1.165, 1.54) is 27.6 Å². The minimum absolute atomic E-state index is 0. The molecular weight excluding hydrogens is 928 g/mol. The molecule has 5 aromatic carbocycles. The maximum Gasteiger partial charge on any atom is 0.135 e. The molecule has 7 aromatic rings. The summed E-state index contributed by atoms with van der Waals surface area (Å²) in [6, 6.07) is 46.7. The maximum atomic E-state index is 6.91. The fourth-order valence-corrected chi connectivity index (χ4v) is 8.17. The molecule has 0 bridgehead atoms. The first-order valence-corrected chi connectivity index (χ1v) is 21.2. The van der Waals surface area contributed by atoms with Crippen molar-refractivity contribution in [3.8, 4) is 17.3 Å². The van der Waals surface area contributed by atoms with E-state index in [-0.39, 0.29) is 42.7 Å². The van der Waals surface area contributed by atoms with Crippen LogP contribution >= 0.6 is 0 Å². The van der Waals surface area contributed by atoms with Gasteiger partial charge in [-0.05, 0) is 93.5 Å². The van der Waals surface area contributed by atoms with Crippen molar-refractivity contribution in [1.82, 2.24) is 9.55 Å². The van der Waals surface area contributed by atoms with Gasteiger partial charge in [-0.15, -0.1) is 53.6 Å². The van der Waals surface area contributed by atoms with Gasteiger partial charge in [0.05, 0.1) is 0 Å². The number of allylic oxidation sites excluding steroid dienone is 2. The average Bonchev–Trinajstić information content (AvgIpc) is 3.69. The number of fused-ring (bicyclic) bond motifs is 3. The molecular formula is C55H59N4OPt-3. The molecule has 2 aromatic heterocycles. The van der Waals surface area contributed by atoms with E-state index < -0.39 is 0 Å². The van der Waals surface area contributed by atoms with Crippen LogP contribution in [0.3, 0.4) is 0 Å². The predicted octanol–water partition coefficient (Wildman–Crippen LogP) is 14.5. The number of ether oxygens (including phenoxy) is 1. The van der Waals surface area contributed by atoms with Gasteiger partial charge in [-0.25, -0.2) is 4.98 Å². The van der Waals surface area contributed by atoms with E-state index in [0.717, 1.165) is 50.6 Å². The summed E-state index contributed by atoms with van der Waals surface area (Å²) < 4.78 is 9.15.